The lowest BCUT2D eigenvalue weighted by Gasteiger charge is -2.24. The van der Waals surface area contributed by atoms with Gasteiger partial charge < -0.3 is 4.90 Å². The molecule has 4 aromatic rings. The maximum absolute atomic E-state index is 4.79. The molecule has 0 radical (unpaired) electrons. The number of likely N-dealkylation sites (N-methyl/N-ethyl adjacent to an activating group) is 1. The zero-order valence-corrected chi connectivity index (χ0v) is 15.6. The molecule has 1 aliphatic rings. The van der Waals surface area contributed by atoms with Crippen LogP contribution in [0.4, 0.5) is 0 Å². The SMILES string of the molecule is Cc1cnc2c(c1)c1c(n2-c2ccc(-c3ccncc3)cn2)CCN(C)C1. The van der Waals surface area contributed by atoms with E-state index in [1.807, 2.05) is 36.9 Å². The number of aryl methyl sites for hydroxylation is 1. The van der Waals surface area contributed by atoms with Crippen molar-refractivity contribution < 1.29 is 0 Å². The van der Waals surface area contributed by atoms with Crippen molar-refractivity contribution >= 4 is 11.0 Å². The Labute approximate surface area is 158 Å². The van der Waals surface area contributed by atoms with E-state index in [4.69, 9.17) is 9.97 Å². The van der Waals surface area contributed by atoms with Crippen LogP contribution in [-0.2, 0) is 13.0 Å². The Balaban J connectivity index is 1.67. The molecule has 0 aromatic carbocycles. The molecule has 5 heterocycles. The largest absolute Gasteiger partial charge is 0.302 e. The molecule has 4 aromatic heterocycles. The third kappa shape index (κ3) is 2.71. The maximum atomic E-state index is 4.79. The van der Waals surface area contributed by atoms with E-state index < -0.39 is 0 Å². The minimum Gasteiger partial charge on any atom is -0.302 e. The summed E-state index contributed by atoms with van der Waals surface area (Å²) in [6.07, 6.45) is 8.50. The summed E-state index contributed by atoms with van der Waals surface area (Å²) in [5.74, 6) is 0.931. The van der Waals surface area contributed by atoms with Gasteiger partial charge in [-0.3, -0.25) is 9.55 Å². The van der Waals surface area contributed by atoms with E-state index in [0.29, 0.717) is 0 Å². The van der Waals surface area contributed by atoms with Crippen molar-refractivity contribution in [3.8, 4) is 16.9 Å². The Morgan fingerprint density at radius 2 is 1.81 bits per heavy atom. The van der Waals surface area contributed by atoms with Crippen LogP contribution in [0.5, 0.6) is 0 Å². The average molecular weight is 355 g/mol. The molecular weight excluding hydrogens is 334 g/mol. The minimum absolute atomic E-state index is 0.931. The Morgan fingerprint density at radius 3 is 2.59 bits per heavy atom. The fourth-order valence-corrected chi connectivity index (χ4v) is 3.95. The molecule has 0 amide bonds. The monoisotopic (exact) mass is 355 g/mol. The lowest BCUT2D eigenvalue weighted by Crippen LogP contribution is -2.27. The molecule has 0 saturated heterocycles. The highest BCUT2D eigenvalue weighted by Crippen LogP contribution is 2.32. The van der Waals surface area contributed by atoms with Crippen LogP contribution >= 0.6 is 0 Å². The van der Waals surface area contributed by atoms with Gasteiger partial charge in [-0.05, 0) is 61.0 Å². The summed E-state index contributed by atoms with van der Waals surface area (Å²) in [5.41, 5.74) is 7.14. The first-order valence-electron chi connectivity index (χ1n) is 9.25. The molecule has 1 aliphatic heterocycles. The molecule has 0 fully saturated rings. The van der Waals surface area contributed by atoms with E-state index in [-0.39, 0.29) is 0 Å². The predicted octanol–water partition coefficient (Wildman–Crippen LogP) is 3.78. The Hall–Kier alpha value is -3.05. The van der Waals surface area contributed by atoms with Gasteiger partial charge in [0.05, 0.1) is 0 Å². The molecule has 0 N–H and O–H groups in total. The molecule has 0 aliphatic carbocycles. The van der Waals surface area contributed by atoms with Gasteiger partial charge in [-0.15, -0.1) is 0 Å². The lowest BCUT2D eigenvalue weighted by molar-refractivity contribution is 0.311. The summed E-state index contributed by atoms with van der Waals surface area (Å²) < 4.78 is 2.24. The average Bonchev–Trinajstić information content (AvgIpc) is 3.02. The van der Waals surface area contributed by atoms with Crippen LogP contribution in [0, 0.1) is 6.92 Å². The van der Waals surface area contributed by atoms with Crippen LogP contribution in [0.25, 0.3) is 28.0 Å². The summed E-state index contributed by atoms with van der Waals surface area (Å²) >= 11 is 0. The van der Waals surface area contributed by atoms with E-state index in [9.17, 15) is 0 Å². The van der Waals surface area contributed by atoms with Gasteiger partial charge in [0.15, 0.2) is 0 Å². The lowest BCUT2D eigenvalue weighted by atomic mass is 10.1. The molecule has 5 nitrogen and oxygen atoms in total. The molecule has 0 bridgehead atoms. The van der Waals surface area contributed by atoms with E-state index in [2.05, 4.69) is 46.6 Å². The van der Waals surface area contributed by atoms with Gasteiger partial charge in [0.1, 0.15) is 11.5 Å². The van der Waals surface area contributed by atoms with E-state index in [0.717, 1.165) is 42.1 Å². The minimum atomic E-state index is 0.931. The number of pyridine rings is 3. The quantitative estimate of drug-likeness (QED) is 0.549. The smallest absolute Gasteiger partial charge is 0.146 e. The van der Waals surface area contributed by atoms with Crippen LogP contribution in [-0.4, -0.2) is 38.0 Å². The molecule has 5 rings (SSSR count). The number of hydrogen-bond acceptors (Lipinski definition) is 4. The van der Waals surface area contributed by atoms with E-state index in [1.165, 1.54) is 22.2 Å². The second-order valence-electron chi connectivity index (χ2n) is 7.27. The van der Waals surface area contributed by atoms with Crippen molar-refractivity contribution in [1.29, 1.82) is 0 Å². The second kappa shape index (κ2) is 6.28. The van der Waals surface area contributed by atoms with Crippen molar-refractivity contribution in [1.82, 2.24) is 24.4 Å². The molecule has 0 unspecified atom stereocenters. The predicted molar refractivity (Wildman–Crippen MR) is 107 cm³/mol. The number of hydrogen-bond donors (Lipinski definition) is 0. The molecule has 5 heteroatoms. The summed E-state index contributed by atoms with van der Waals surface area (Å²) in [4.78, 5) is 16.0. The van der Waals surface area contributed by atoms with Crippen LogP contribution in [0.2, 0.25) is 0 Å². The van der Waals surface area contributed by atoms with Crippen molar-refractivity contribution in [3.05, 3.63) is 71.9 Å². The number of rotatable bonds is 2. The summed E-state index contributed by atoms with van der Waals surface area (Å²) in [6.45, 7) is 4.11. The third-order valence-electron chi connectivity index (χ3n) is 5.31. The molecule has 0 saturated carbocycles. The summed E-state index contributed by atoms with van der Waals surface area (Å²) in [7, 11) is 2.18. The Bertz CT molecular complexity index is 1110. The third-order valence-corrected chi connectivity index (χ3v) is 5.31. The first-order chi connectivity index (χ1) is 13.2. The molecule has 27 heavy (non-hydrogen) atoms. The normalized spacial score (nSPS) is 14.4. The molecular formula is C22H21N5. The highest BCUT2D eigenvalue weighted by atomic mass is 15.2. The zero-order valence-electron chi connectivity index (χ0n) is 15.6. The van der Waals surface area contributed by atoms with Gasteiger partial charge in [-0.2, -0.15) is 0 Å². The summed E-state index contributed by atoms with van der Waals surface area (Å²) in [6, 6.07) is 10.5. The number of aromatic nitrogens is 4. The van der Waals surface area contributed by atoms with Crippen LogP contribution in [0.15, 0.2) is 55.1 Å². The van der Waals surface area contributed by atoms with Crippen molar-refractivity contribution in [3.63, 3.8) is 0 Å². The second-order valence-corrected chi connectivity index (χ2v) is 7.27. The van der Waals surface area contributed by atoms with Crippen molar-refractivity contribution in [2.24, 2.45) is 0 Å². The van der Waals surface area contributed by atoms with Gasteiger partial charge >= 0.3 is 0 Å². The molecule has 0 spiro atoms. The summed E-state index contributed by atoms with van der Waals surface area (Å²) in [5, 5.41) is 1.25. The standard InChI is InChI=1S/C22H21N5/c1-15-11-18-19-14-26(2)10-7-20(19)27(22(18)25-12-15)21-4-3-17(13-24-21)16-5-8-23-9-6-16/h3-6,8-9,11-13H,7,10,14H2,1-2H3. The topological polar surface area (TPSA) is 46.8 Å². The van der Waals surface area contributed by atoms with Gasteiger partial charge in [-0.25, -0.2) is 9.97 Å². The van der Waals surface area contributed by atoms with Crippen molar-refractivity contribution in [2.75, 3.05) is 13.6 Å². The highest BCUT2D eigenvalue weighted by Gasteiger charge is 2.24. The fraction of sp³-hybridized carbons (Fsp3) is 0.227. The Morgan fingerprint density at radius 1 is 0.963 bits per heavy atom. The number of fused-ring (bicyclic) bond motifs is 3. The van der Waals surface area contributed by atoms with Crippen LogP contribution < -0.4 is 0 Å². The van der Waals surface area contributed by atoms with E-state index in [1.54, 1.807) is 0 Å². The fourth-order valence-electron chi connectivity index (χ4n) is 3.95. The molecule has 134 valence electrons. The van der Waals surface area contributed by atoms with E-state index >= 15 is 0 Å². The Kier molecular flexibility index (Phi) is 3.76. The van der Waals surface area contributed by atoms with Gasteiger partial charge in [0.2, 0.25) is 0 Å². The maximum Gasteiger partial charge on any atom is 0.146 e. The van der Waals surface area contributed by atoms with Crippen LogP contribution in [0.3, 0.4) is 0 Å². The van der Waals surface area contributed by atoms with Gasteiger partial charge in [0, 0.05) is 60.9 Å². The van der Waals surface area contributed by atoms with Crippen LogP contribution in [0.1, 0.15) is 16.8 Å². The van der Waals surface area contributed by atoms with Gasteiger partial charge in [0.25, 0.3) is 0 Å². The first kappa shape index (κ1) is 16.1. The number of nitrogens with zero attached hydrogens (tertiary/aromatic N) is 5. The van der Waals surface area contributed by atoms with Gasteiger partial charge in [-0.1, -0.05) is 0 Å². The highest BCUT2D eigenvalue weighted by molar-refractivity contribution is 5.84. The molecule has 0 atom stereocenters. The first-order valence-corrected chi connectivity index (χ1v) is 9.25. The zero-order chi connectivity index (χ0) is 18.4. The van der Waals surface area contributed by atoms with Crippen molar-refractivity contribution in [2.45, 2.75) is 19.9 Å².